The summed E-state index contributed by atoms with van der Waals surface area (Å²) in [5.41, 5.74) is 7.44. The monoisotopic (exact) mass is 307 g/mol. The average Bonchev–Trinajstić information content (AvgIpc) is 2.63. The zero-order valence-corrected chi connectivity index (χ0v) is 13.8. The topological polar surface area (TPSA) is 79.5 Å². The van der Waals surface area contributed by atoms with Crippen molar-refractivity contribution in [2.75, 3.05) is 19.3 Å². The molecule has 0 saturated carbocycles. The number of hydrogen-bond acceptors (Lipinski definition) is 5. The van der Waals surface area contributed by atoms with Gasteiger partial charge in [0.05, 0.1) is 11.3 Å². The number of likely N-dealkylation sites (N-methyl/N-ethyl adjacent to an activating group) is 1. The molecule has 0 aliphatic rings. The van der Waals surface area contributed by atoms with Crippen molar-refractivity contribution in [1.82, 2.24) is 9.88 Å². The van der Waals surface area contributed by atoms with E-state index in [-0.39, 0.29) is 12.5 Å². The summed E-state index contributed by atoms with van der Waals surface area (Å²) < 4.78 is 0.970. The number of carbonyl (C=O) groups is 1. The second kappa shape index (κ2) is 5.27. The highest BCUT2D eigenvalue weighted by Crippen LogP contribution is 2.36. The summed E-state index contributed by atoms with van der Waals surface area (Å²) in [6.07, 6.45) is 0. The van der Waals surface area contributed by atoms with E-state index < -0.39 is 5.60 Å². The minimum Gasteiger partial charge on any atom is -0.397 e. The van der Waals surface area contributed by atoms with Crippen LogP contribution in [0.15, 0.2) is 6.07 Å². The maximum absolute atomic E-state index is 12.5. The fraction of sp³-hybridized carbons (Fsp3) is 0.467. The summed E-state index contributed by atoms with van der Waals surface area (Å²) in [6.45, 7) is 7.40. The first-order valence-corrected chi connectivity index (χ1v) is 7.56. The predicted molar refractivity (Wildman–Crippen MR) is 86.8 cm³/mol. The maximum Gasteiger partial charge on any atom is 0.265 e. The standard InChI is InChI=1S/C15H21N3O2S/c1-8-6-10-11(9(2)17-8)12(16)13(21-10)14(19)18(5)7-15(3,4)20/h6,20H,7,16H2,1-5H3. The zero-order valence-electron chi connectivity index (χ0n) is 13.0. The Bertz CT molecular complexity index is 701. The maximum atomic E-state index is 12.5. The number of anilines is 1. The fourth-order valence-corrected chi connectivity index (χ4v) is 3.73. The van der Waals surface area contributed by atoms with Crippen LogP contribution in [0.2, 0.25) is 0 Å². The minimum absolute atomic E-state index is 0.173. The molecule has 0 fully saturated rings. The molecule has 3 N–H and O–H groups in total. The lowest BCUT2D eigenvalue weighted by atomic mass is 10.1. The van der Waals surface area contributed by atoms with Gasteiger partial charge in [-0.15, -0.1) is 11.3 Å². The number of amides is 1. The molecule has 2 aromatic rings. The van der Waals surface area contributed by atoms with E-state index in [9.17, 15) is 9.90 Å². The molecule has 0 aliphatic heterocycles. The molecule has 2 rings (SSSR count). The molecule has 0 bridgehead atoms. The SMILES string of the molecule is Cc1cc2sc(C(=O)N(C)CC(C)(C)O)c(N)c2c(C)n1. The van der Waals surface area contributed by atoms with Gasteiger partial charge in [0.25, 0.3) is 5.91 Å². The van der Waals surface area contributed by atoms with Gasteiger partial charge in [-0.2, -0.15) is 0 Å². The molecule has 114 valence electrons. The largest absolute Gasteiger partial charge is 0.397 e. The number of thiophene rings is 1. The van der Waals surface area contributed by atoms with E-state index >= 15 is 0 Å². The fourth-order valence-electron chi connectivity index (χ4n) is 2.46. The number of hydrogen-bond donors (Lipinski definition) is 2. The van der Waals surface area contributed by atoms with E-state index in [1.807, 2.05) is 19.9 Å². The van der Waals surface area contributed by atoms with Crippen LogP contribution in [0.3, 0.4) is 0 Å². The van der Waals surface area contributed by atoms with E-state index in [1.165, 1.54) is 16.2 Å². The van der Waals surface area contributed by atoms with Crippen molar-refractivity contribution in [2.24, 2.45) is 0 Å². The quantitative estimate of drug-likeness (QED) is 0.912. The number of rotatable bonds is 3. The Kier molecular flexibility index (Phi) is 3.95. The lowest BCUT2D eigenvalue weighted by molar-refractivity contribution is 0.0371. The molecule has 2 heterocycles. The van der Waals surface area contributed by atoms with Crippen molar-refractivity contribution in [3.63, 3.8) is 0 Å². The van der Waals surface area contributed by atoms with Gasteiger partial charge >= 0.3 is 0 Å². The van der Waals surface area contributed by atoms with Crippen molar-refractivity contribution in [3.8, 4) is 0 Å². The molecule has 0 spiro atoms. The first kappa shape index (κ1) is 15.7. The number of nitrogens with zero attached hydrogens (tertiary/aromatic N) is 2. The smallest absolute Gasteiger partial charge is 0.265 e. The van der Waals surface area contributed by atoms with Gasteiger partial charge in [-0.05, 0) is 33.8 Å². The Morgan fingerprint density at radius 3 is 2.67 bits per heavy atom. The molecule has 0 aliphatic carbocycles. The summed E-state index contributed by atoms with van der Waals surface area (Å²) in [5.74, 6) is -0.173. The third-order valence-corrected chi connectivity index (χ3v) is 4.32. The van der Waals surface area contributed by atoms with Crippen LogP contribution in [0, 0.1) is 13.8 Å². The van der Waals surface area contributed by atoms with Gasteiger partial charge in [0, 0.05) is 35.1 Å². The van der Waals surface area contributed by atoms with Crippen LogP contribution in [0.5, 0.6) is 0 Å². The predicted octanol–water partition coefficient (Wildman–Crippen LogP) is 2.34. The molecular weight excluding hydrogens is 286 g/mol. The van der Waals surface area contributed by atoms with Crippen LogP contribution >= 0.6 is 11.3 Å². The Morgan fingerprint density at radius 1 is 1.48 bits per heavy atom. The van der Waals surface area contributed by atoms with Gasteiger partial charge in [-0.3, -0.25) is 9.78 Å². The molecule has 0 radical (unpaired) electrons. The van der Waals surface area contributed by atoms with E-state index in [0.29, 0.717) is 10.6 Å². The summed E-state index contributed by atoms with van der Waals surface area (Å²) in [6, 6.07) is 1.94. The van der Waals surface area contributed by atoms with Crippen LogP contribution in [-0.2, 0) is 0 Å². The van der Waals surface area contributed by atoms with Crippen molar-refractivity contribution in [2.45, 2.75) is 33.3 Å². The van der Waals surface area contributed by atoms with Crippen molar-refractivity contribution in [3.05, 3.63) is 22.3 Å². The highest BCUT2D eigenvalue weighted by molar-refractivity contribution is 7.21. The Morgan fingerprint density at radius 2 is 2.10 bits per heavy atom. The van der Waals surface area contributed by atoms with Gasteiger partial charge in [-0.25, -0.2) is 0 Å². The highest BCUT2D eigenvalue weighted by atomic mass is 32.1. The van der Waals surface area contributed by atoms with E-state index in [0.717, 1.165) is 21.5 Å². The lowest BCUT2D eigenvalue weighted by Crippen LogP contribution is -2.39. The normalized spacial score (nSPS) is 11.9. The number of fused-ring (bicyclic) bond motifs is 1. The number of pyridine rings is 1. The highest BCUT2D eigenvalue weighted by Gasteiger charge is 2.25. The second-order valence-electron chi connectivity index (χ2n) is 6.04. The molecule has 0 atom stereocenters. The first-order chi connectivity index (χ1) is 9.60. The number of aliphatic hydroxyl groups is 1. The van der Waals surface area contributed by atoms with Gasteiger partial charge < -0.3 is 15.7 Å². The van der Waals surface area contributed by atoms with E-state index in [2.05, 4.69) is 4.98 Å². The molecule has 0 unspecified atom stereocenters. The summed E-state index contributed by atoms with van der Waals surface area (Å²) in [4.78, 5) is 18.9. The van der Waals surface area contributed by atoms with Gasteiger partial charge in [-0.1, -0.05) is 0 Å². The second-order valence-corrected chi connectivity index (χ2v) is 7.09. The van der Waals surface area contributed by atoms with Crippen LogP contribution < -0.4 is 5.73 Å². The molecule has 2 aromatic heterocycles. The van der Waals surface area contributed by atoms with Crippen molar-refractivity contribution < 1.29 is 9.90 Å². The van der Waals surface area contributed by atoms with Crippen molar-refractivity contribution in [1.29, 1.82) is 0 Å². The minimum atomic E-state index is -0.941. The molecular formula is C15H21N3O2S. The van der Waals surface area contributed by atoms with E-state index in [1.54, 1.807) is 20.9 Å². The van der Waals surface area contributed by atoms with Gasteiger partial charge in [0.1, 0.15) is 4.88 Å². The summed E-state index contributed by atoms with van der Waals surface area (Å²) >= 11 is 1.38. The summed E-state index contributed by atoms with van der Waals surface area (Å²) in [5, 5.41) is 10.7. The number of nitrogens with two attached hydrogens (primary N) is 1. The van der Waals surface area contributed by atoms with Crippen molar-refractivity contribution >= 4 is 33.0 Å². The Hall–Kier alpha value is -1.66. The molecule has 1 amide bonds. The molecule has 6 heteroatoms. The molecule has 21 heavy (non-hydrogen) atoms. The number of aryl methyl sites for hydroxylation is 2. The zero-order chi connectivity index (χ0) is 15.9. The number of nitrogen functional groups attached to an aromatic ring is 1. The third-order valence-electron chi connectivity index (χ3n) is 3.18. The van der Waals surface area contributed by atoms with Crippen LogP contribution in [0.1, 0.15) is 34.9 Å². The lowest BCUT2D eigenvalue weighted by Gasteiger charge is -2.25. The van der Waals surface area contributed by atoms with E-state index in [4.69, 9.17) is 5.73 Å². The molecule has 0 aromatic carbocycles. The van der Waals surface area contributed by atoms with Crippen LogP contribution in [-0.4, -0.2) is 40.1 Å². The Labute approximate surface area is 128 Å². The van der Waals surface area contributed by atoms with Crippen LogP contribution in [0.25, 0.3) is 10.1 Å². The third kappa shape index (κ3) is 3.16. The average molecular weight is 307 g/mol. The van der Waals surface area contributed by atoms with Crippen LogP contribution in [0.4, 0.5) is 5.69 Å². The summed E-state index contributed by atoms with van der Waals surface area (Å²) in [7, 11) is 1.67. The Balaban J connectivity index is 2.45. The number of carbonyl (C=O) groups excluding carboxylic acids is 1. The van der Waals surface area contributed by atoms with Gasteiger partial charge in [0.2, 0.25) is 0 Å². The van der Waals surface area contributed by atoms with Gasteiger partial charge in [0.15, 0.2) is 0 Å². The first-order valence-electron chi connectivity index (χ1n) is 6.74. The molecule has 5 nitrogen and oxygen atoms in total. The number of aromatic nitrogens is 1. The molecule has 0 saturated heterocycles.